The Hall–Kier alpha value is -3.80. The third-order valence-corrected chi connectivity index (χ3v) is 4.74. The molecule has 2 heterocycles. The predicted octanol–water partition coefficient (Wildman–Crippen LogP) is 3.61. The van der Waals surface area contributed by atoms with E-state index < -0.39 is 0 Å². The second kappa shape index (κ2) is 8.48. The Balaban J connectivity index is 1.44. The van der Waals surface area contributed by atoms with Crippen molar-refractivity contribution in [2.24, 2.45) is 5.10 Å². The summed E-state index contributed by atoms with van der Waals surface area (Å²) in [6.45, 7) is 0.916. The summed E-state index contributed by atoms with van der Waals surface area (Å²) in [7, 11) is 0. The van der Waals surface area contributed by atoms with Crippen molar-refractivity contribution < 1.29 is 9.59 Å². The predicted molar refractivity (Wildman–Crippen MR) is 112 cm³/mol. The number of aromatic nitrogens is 1. The van der Waals surface area contributed by atoms with Crippen LogP contribution in [0.1, 0.15) is 32.7 Å². The van der Waals surface area contributed by atoms with Crippen LogP contribution >= 0.6 is 0 Å². The van der Waals surface area contributed by atoms with Gasteiger partial charge in [0, 0.05) is 25.5 Å². The molecule has 0 bridgehead atoms. The molecule has 0 saturated heterocycles. The van der Waals surface area contributed by atoms with Gasteiger partial charge in [0.2, 0.25) is 0 Å². The fourth-order valence-corrected chi connectivity index (χ4v) is 3.26. The first-order valence-corrected chi connectivity index (χ1v) is 9.46. The molecule has 6 heteroatoms. The molecule has 2 amide bonds. The van der Waals surface area contributed by atoms with E-state index in [9.17, 15) is 9.59 Å². The summed E-state index contributed by atoms with van der Waals surface area (Å²) in [4.78, 5) is 30.4. The molecule has 0 spiro atoms. The topological polar surface area (TPSA) is 65.9 Å². The number of carbonyl (C=O) groups is 2. The molecule has 0 aliphatic carbocycles. The lowest BCUT2D eigenvalue weighted by molar-refractivity contribution is 0.0653. The molecular formula is C23H20N4O2. The highest BCUT2D eigenvalue weighted by Gasteiger charge is 2.34. The van der Waals surface area contributed by atoms with Gasteiger partial charge >= 0.3 is 0 Å². The molecule has 1 aliphatic rings. The summed E-state index contributed by atoms with van der Waals surface area (Å²) in [6, 6.07) is 20.5. The average molecular weight is 384 g/mol. The van der Waals surface area contributed by atoms with Crippen molar-refractivity contribution in [3.05, 3.63) is 95.8 Å². The summed E-state index contributed by atoms with van der Waals surface area (Å²) in [5, 5.41) is 6.47. The van der Waals surface area contributed by atoms with Gasteiger partial charge in [-0.3, -0.25) is 24.5 Å². The second-order valence-electron chi connectivity index (χ2n) is 6.64. The zero-order valence-corrected chi connectivity index (χ0v) is 15.8. The number of nitrogens with zero attached hydrogens (tertiary/aromatic N) is 4. The fourth-order valence-electron chi connectivity index (χ4n) is 3.26. The monoisotopic (exact) mass is 384 g/mol. The average Bonchev–Trinajstić information content (AvgIpc) is 3.02. The Labute approximate surface area is 169 Å². The molecule has 144 valence electrons. The molecule has 0 radical (unpaired) electrons. The van der Waals surface area contributed by atoms with Crippen LogP contribution in [0.2, 0.25) is 0 Å². The van der Waals surface area contributed by atoms with Crippen LogP contribution in [0, 0.1) is 0 Å². The first kappa shape index (κ1) is 18.6. The third-order valence-electron chi connectivity index (χ3n) is 4.74. The number of carbonyl (C=O) groups excluding carboxylic acids is 2. The van der Waals surface area contributed by atoms with Gasteiger partial charge in [-0.05, 0) is 48.4 Å². The SMILES string of the molecule is O=C1c2ccccc2C(=O)N1CCCN(/N=C/c1ccncc1)c1ccccc1. The Morgan fingerprint density at radius 2 is 1.48 bits per heavy atom. The van der Waals surface area contributed by atoms with E-state index in [1.165, 1.54) is 4.90 Å². The van der Waals surface area contributed by atoms with Gasteiger partial charge in [0.25, 0.3) is 11.8 Å². The van der Waals surface area contributed by atoms with E-state index >= 15 is 0 Å². The van der Waals surface area contributed by atoms with Crippen LogP contribution in [0.5, 0.6) is 0 Å². The number of rotatable bonds is 7. The van der Waals surface area contributed by atoms with E-state index in [1.54, 1.807) is 42.9 Å². The van der Waals surface area contributed by atoms with Gasteiger partial charge in [-0.15, -0.1) is 0 Å². The molecule has 6 nitrogen and oxygen atoms in total. The highest BCUT2D eigenvalue weighted by molar-refractivity contribution is 6.21. The van der Waals surface area contributed by atoms with Crippen molar-refractivity contribution in [2.45, 2.75) is 6.42 Å². The van der Waals surface area contributed by atoms with Gasteiger partial charge in [-0.2, -0.15) is 5.10 Å². The largest absolute Gasteiger partial charge is 0.274 e. The third kappa shape index (κ3) is 4.06. The molecule has 0 saturated carbocycles. The van der Waals surface area contributed by atoms with Crippen LogP contribution in [-0.4, -0.2) is 41.0 Å². The number of imide groups is 1. The molecule has 0 unspecified atom stereocenters. The molecule has 3 aromatic rings. The van der Waals surface area contributed by atoms with Crippen molar-refractivity contribution in [2.75, 3.05) is 18.1 Å². The lowest BCUT2D eigenvalue weighted by Crippen LogP contribution is -2.32. The quantitative estimate of drug-likeness (QED) is 0.355. The maximum absolute atomic E-state index is 12.5. The second-order valence-corrected chi connectivity index (χ2v) is 6.64. The first-order valence-electron chi connectivity index (χ1n) is 9.46. The van der Waals surface area contributed by atoms with Gasteiger partial charge in [0.1, 0.15) is 0 Å². The highest BCUT2D eigenvalue weighted by atomic mass is 16.2. The van der Waals surface area contributed by atoms with Crippen LogP contribution in [0.3, 0.4) is 0 Å². The standard InChI is InChI=1S/C23H20N4O2/c28-22-20-9-4-5-10-21(20)23(29)26(22)15-6-16-27(19-7-2-1-3-8-19)25-17-18-11-13-24-14-12-18/h1-5,7-14,17H,6,15-16H2/b25-17+. The smallest absolute Gasteiger partial charge is 0.261 e. The van der Waals surface area contributed by atoms with Gasteiger partial charge in [-0.25, -0.2) is 0 Å². The zero-order valence-electron chi connectivity index (χ0n) is 15.8. The number of hydrogen-bond acceptors (Lipinski definition) is 5. The number of para-hydroxylation sites is 1. The van der Waals surface area contributed by atoms with E-state index in [2.05, 4.69) is 10.1 Å². The molecule has 29 heavy (non-hydrogen) atoms. The molecular weight excluding hydrogens is 364 g/mol. The Morgan fingerprint density at radius 3 is 2.14 bits per heavy atom. The number of anilines is 1. The normalized spacial score (nSPS) is 13.2. The van der Waals surface area contributed by atoms with Crippen molar-refractivity contribution in [1.82, 2.24) is 9.88 Å². The summed E-state index contributed by atoms with van der Waals surface area (Å²) < 4.78 is 0. The van der Waals surface area contributed by atoms with Gasteiger partial charge in [-0.1, -0.05) is 30.3 Å². The number of fused-ring (bicyclic) bond motifs is 1. The number of pyridine rings is 1. The van der Waals surface area contributed by atoms with Crippen LogP contribution < -0.4 is 5.01 Å². The number of hydrogen-bond donors (Lipinski definition) is 0. The van der Waals surface area contributed by atoms with Gasteiger partial charge in [0.05, 0.1) is 23.0 Å². The molecule has 4 rings (SSSR count). The van der Waals surface area contributed by atoms with E-state index in [1.807, 2.05) is 47.5 Å². The summed E-state index contributed by atoms with van der Waals surface area (Å²) in [5.41, 5.74) is 2.85. The van der Waals surface area contributed by atoms with Crippen molar-refractivity contribution >= 4 is 23.7 Å². The molecule has 0 fully saturated rings. The number of hydrazone groups is 1. The minimum absolute atomic E-state index is 0.225. The van der Waals surface area contributed by atoms with Crippen molar-refractivity contribution in [3.8, 4) is 0 Å². The van der Waals surface area contributed by atoms with E-state index in [0.717, 1.165) is 11.3 Å². The van der Waals surface area contributed by atoms with Crippen LogP contribution in [0.4, 0.5) is 5.69 Å². The summed E-state index contributed by atoms with van der Waals surface area (Å²) in [6.07, 6.45) is 5.82. The molecule has 0 N–H and O–H groups in total. The summed E-state index contributed by atoms with van der Waals surface area (Å²) in [5.74, 6) is -0.450. The van der Waals surface area contributed by atoms with Crippen LogP contribution in [-0.2, 0) is 0 Å². The number of benzene rings is 2. The van der Waals surface area contributed by atoms with Gasteiger partial charge < -0.3 is 0 Å². The molecule has 2 aromatic carbocycles. The number of amides is 2. The van der Waals surface area contributed by atoms with Crippen LogP contribution in [0.15, 0.2) is 84.2 Å². The van der Waals surface area contributed by atoms with Crippen LogP contribution in [0.25, 0.3) is 0 Å². The highest BCUT2D eigenvalue weighted by Crippen LogP contribution is 2.23. The van der Waals surface area contributed by atoms with E-state index in [-0.39, 0.29) is 11.8 Å². The van der Waals surface area contributed by atoms with Crippen molar-refractivity contribution in [1.29, 1.82) is 0 Å². The Kier molecular flexibility index (Phi) is 5.42. The maximum atomic E-state index is 12.5. The first-order chi connectivity index (χ1) is 14.2. The lowest BCUT2D eigenvalue weighted by atomic mass is 10.1. The molecule has 1 aliphatic heterocycles. The van der Waals surface area contributed by atoms with Gasteiger partial charge in [0.15, 0.2) is 0 Å². The zero-order chi connectivity index (χ0) is 20.1. The lowest BCUT2D eigenvalue weighted by Gasteiger charge is -2.21. The molecule has 1 aromatic heterocycles. The Bertz CT molecular complexity index is 1000. The molecule has 0 atom stereocenters. The van der Waals surface area contributed by atoms with Crippen molar-refractivity contribution in [3.63, 3.8) is 0 Å². The maximum Gasteiger partial charge on any atom is 0.261 e. The minimum Gasteiger partial charge on any atom is -0.274 e. The Morgan fingerprint density at radius 1 is 0.862 bits per heavy atom. The fraction of sp³-hybridized carbons (Fsp3) is 0.130. The summed E-state index contributed by atoms with van der Waals surface area (Å²) >= 11 is 0. The van der Waals surface area contributed by atoms with E-state index in [4.69, 9.17) is 0 Å². The van der Waals surface area contributed by atoms with E-state index in [0.29, 0.717) is 30.6 Å². The minimum atomic E-state index is -0.225.